The number of hydrogen-bond donors (Lipinski definition) is 2. The minimum absolute atomic E-state index is 0.0333. The highest BCUT2D eigenvalue weighted by atomic mass is 16.5. The largest absolute Gasteiger partial charge is 0.508 e. The van der Waals surface area contributed by atoms with E-state index in [9.17, 15) is 5.11 Å². The molecule has 0 aliphatic rings. The third kappa shape index (κ3) is 3.66. The summed E-state index contributed by atoms with van der Waals surface area (Å²) in [7, 11) is 0. The van der Waals surface area contributed by atoms with E-state index in [1.807, 2.05) is 49.4 Å². The zero-order valence-corrected chi connectivity index (χ0v) is 11.2. The maximum Gasteiger partial charge on any atom is 0.174 e. The number of anilines is 1. The molecule has 1 atom stereocenters. The van der Waals surface area contributed by atoms with Gasteiger partial charge in [-0.1, -0.05) is 18.2 Å². The summed E-state index contributed by atoms with van der Waals surface area (Å²) in [4.78, 5) is 0. The van der Waals surface area contributed by atoms with Crippen molar-refractivity contribution in [2.45, 2.75) is 13.0 Å². The Morgan fingerprint density at radius 2 is 2.05 bits per heavy atom. The molecule has 4 nitrogen and oxygen atoms in total. The van der Waals surface area contributed by atoms with Gasteiger partial charge in [-0.25, -0.2) is 0 Å². The third-order valence-corrected chi connectivity index (χ3v) is 2.89. The van der Waals surface area contributed by atoms with Gasteiger partial charge in [0.05, 0.1) is 0 Å². The first-order valence-electron chi connectivity index (χ1n) is 6.34. The number of hydrogen-bond acceptors (Lipinski definition) is 4. The summed E-state index contributed by atoms with van der Waals surface area (Å²) in [5.74, 6) is 0.905. The number of phenolic OH excluding ortho intramolecular Hbond substituents is 1. The molecule has 0 amide bonds. The Balaban J connectivity index is 2.08. The average molecular weight is 268 g/mol. The molecule has 2 rings (SSSR count). The predicted molar refractivity (Wildman–Crippen MR) is 77.7 cm³/mol. The zero-order chi connectivity index (χ0) is 14.4. The van der Waals surface area contributed by atoms with Crippen molar-refractivity contribution in [2.75, 3.05) is 11.9 Å². The van der Waals surface area contributed by atoms with Crippen molar-refractivity contribution < 1.29 is 9.84 Å². The number of nitrogens with zero attached hydrogens (tertiary/aromatic N) is 1. The van der Waals surface area contributed by atoms with Crippen LogP contribution in [0, 0.1) is 11.3 Å². The van der Waals surface area contributed by atoms with Crippen molar-refractivity contribution in [1.82, 2.24) is 0 Å². The Morgan fingerprint density at radius 3 is 2.80 bits per heavy atom. The Labute approximate surface area is 118 Å². The van der Waals surface area contributed by atoms with Crippen molar-refractivity contribution in [3.05, 3.63) is 54.1 Å². The van der Waals surface area contributed by atoms with Crippen LogP contribution in [0.4, 0.5) is 5.69 Å². The highest BCUT2D eigenvalue weighted by molar-refractivity contribution is 5.50. The molecular formula is C16H16N2O2. The first kappa shape index (κ1) is 13.8. The van der Waals surface area contributed by atoms with E-state index in [2.05, 4.69) is 5.32 Å². The van der Waals surface area contributed by atoms with Gasteiger partial charge in [0.1, 0.15) is 17.6 Å². The molecule has 0 saturated heterocycles. The summed E-state index contributed by atoms with van der Waals surface area (Å²) in [6.45, 7) is 2.04. The number of benzene rings is 2. The second-order valence-electron chi connectivity index (χ2n) is 4.44. The van der Waals surface area contributed by atoms with Crippen LogP contribution in [0.5, 0.6) is 11.5 Å². The highest BCUT2D eigenvalue weighted by Gasteiger charge is 2.06. The summed E-state index contributed by atoms with van der Waals surface area (Å²) < 4.78 is 5.26. The van der Waals surface area contributed by atoms with Gasteiger partial charge < -0.3 is 15.2 Å². The number of nitrogens with one attached hydrogen (secondary N) is 1. The number of nitriles is 1. The molecule has 0 spiro atoms. The average Bonchev–Trinajstić information content (AvgIpc) is 2.45. The van der Waals surface area contributed by atoms with E-state index in [1.165, 1.54) is 0 Å². The van der Waals surface area contributed by atoms with Crippen LogP contribution in [0.25, 0.3) is 0 Å². The summed E-state index contributed by atoms with van der Waals surface area (Å²) in [5, 5.41) is 21.3. The van der Waals surface area contributed by atoms with Crippen LogP contribution >= 0.6 is 0 Å². The minimum Gasteiger partial charge on any atom is -0.508 e. The van der Waals surface area contributed by atoms with Gasteiger partial charge >= 0.3 is 0 Å². The number of aromatic hydroxyl groups is 1. The molecule has 2 N–H and O–H groups in total. The lowest BCUT2D eigenvalue weighted by atomic mass is 10.1. The van der Waals surface area contributed by atoms with Gasteiger partial charge in [-0.05, 0) is 36.8 Å². The minimum atomic E-state index is 0.0333. The van der Waals surface area contributed by atoms with Crippen molar-refractivity contribution in [3.8, 4) is 17.6 Å². The van der Waals surface area contributed by atoms with Crippen molar-refractivity contribution in [2.24, 2.45) is 0 Å². The van der Waals surface area contributed by atoms with Crippen molar-refractivity contribution in [3.63, 3.8) is 0 Å². The van der Waals surface area contributed by atoms with Crippen LogP contribution in [0.3, 0.4) is 0 Å². The molecule has 2 aromatic carbocycles. The van der Waals surface area contributed by atoms with Crippen LogP contribution in [-0.2, 0) is 0 Å². The van der Waals surface area contributed by atoms with E-state index in [0.717, 1.165) is 11.3 Å². The van der Waals surface area contributed by atoms with Crippen LogP contribution in [-0.4, -0.2) is 11.7 Å². The Kier molecular flexibility index (Phi) is 4.46. The van der Waals surface area contributed by atoms with Crippen molar-refractivity contribution in [1.29, 1.82) is 5.26 Å². The second-order valence-corrected chi connectivity index (χ2v) is 4.44. The third-order valence-electron chi connectivity index (χ3n) is 2.89. The van der Waals surface area contributed by atoms with E-state index in [1.54, 1.807) is 12.1 Å². The van der Waals surface area contributed by atoms with Crippen molar-refractivity contribution >= 4 is 5.69 Å². The molecule has 1 unspecified atom stereocenters. The van der Waals surface area contributed by atoms with Gasteiger partial charge in [-0.15, -0.1) is 0 Å². The molecule has 0 aliphatic carbocycles. The predicted octanol–water partition coefficient (Wildman–Crippen LogP) is 3.47. The fourth-order valence-corrected chi connectivity index (χ4v) is 1.92. The molecular weight excluding hydrogens is 252 g/mol. The quantitative estimate of drug-likeness (QED) is 0.871. The molecule has 0 aliphatic heterocycles. The van der Waals surface area contributed by atoms with Gasteiger partial charge in [0.15, 0.2) is 6.61 Å². The van der Waals surface area contributed by atoms with E-state index in [0.29, 0.717) is 5.75 Å². The summed E-state index contributed by atoms with van der Waals surface area (Å²) >= 11 is 0. The lowest BCUT2D eigenvalue weighted by molar-refractivity contribution is 0.368. The molecule has 0 saturated carbocycles. The van der Waals surface area contributed by atoms with E-state index >= 15 is 0 Å². The SMILES string of the molecule is CC(Nc1cccc(OCC#N)c1)c1cccc(O)c1. The number of phenols is 1. The molecule has 20 heavy (non-hydrogen) atoms. The molecule has 0 fully saturated rings. The Bertz CT molecular complexity index is 620. The van der Waals surface area contributed by atoms with Gasteiger partial charge in [0, 0.05) is 17.8 Å². The molecule has 0 heterocycles. The first-order valence-corrected chi connectivity index (χ1v) is 6.34. The van der Waals surface area contributed by atoms with Gasteiger partial charge in [-0.3, -0.25) is 0 Å². The molecule has 102 valence electrons. The summed E-state index contributed by atoms with van der Waals surface area (Å²) in [6, 6.07) is 16.6. The van der Waals surface area contributed by atoms with Crippen LogP contribution in [0.15, 0.2) is 48.5 Å². The van der Waals surface area contributed by atoms with Crippen LogP contribution in [0.1, 0.15) is 18.5 Å². The molecule has 2 aromatic rings. The number of rotatable bonds is 5. The van der Waals surface area contributed by atoms with Gasteiger partial charge in [-0.2, -0.15) is 5.26 Å². The summed E-state index contributed by atoms with van der Waals surface area (Å²) in [5.41, 5.74) is 1.89. The normalized spacial score (nSPS) is 11.4. The molecule has 4 heteroatoms. The Morgan fingerprint density at radius 1 is 1.25 bits per heavy atom. The smallest absolute Gasteiger partial charge is 0.174 e. The van der Waals surface area contributed by atoms with E-state index in [4.69, 9.17) is 10.00 Å². The Hall–Kier alpha value is -2.67. The standard InChI is InChI=1S/C16H16N2O2/c1-12(13-4-2-6-15(19)10-13)18-14-5-3-7-16(11-14)20-9-8-17/h2-7,10-12,18-19H,9H2,1H3. The van der Waals surface area contributed by atoms with Crippen LogP contribution in [0.2, 0.25) is 0 Å². The highest BCUT2D eigenvalue weighted by Crippen LogP contribution is 2.24. The lowest BCUT2D eigenvalue weighted by Gasteiger charge is -2.16. The second kappa shape index (κ2) is 6.48. The zero-order valence-electron chi connectivity index (χ0n) is 11.2. The van der Waals surface area contributed by atoms with E-state index in [-0.39, 0.29) is 18.4 Å². The maximum absolute atomic E-state index is 9.49. The van der Waals surface area contributed by atoms with Crippen LogP contribution < -0.4 is 10.1 Å². The topological polar surface area (TPSA) is 65.3 Å². The number of ether oxygens (including phenoxy) is 1. The first-order chi connectivity index (χ1) is 9.69. The maximum atomic E-state index is 9.49. The lowest BCUT2D eigenvalue weighted by Crippen LogP contribution is -2.06. The molecule has 0 bridgehead atoms. The van der Waals surface area contributed by atoms with Gasteiger partial charge in [0.25, 0.3) is 0 Å². The summed E-state index contributed by atoms with van der Waals surface area (Å²) in [6.07, 6.45) is 0. The fraction of sp³-hybridized carbons (Fsp3) is 0.188. The molecule has 0 aromatic heterocycles. The fourth-order valence-electron chi connectivity index (χ4n) is 1.92. The van der Waals surface area contributed by atoms with Gasteiger partial charge in [0.2, 0.25) is 0 Å². The van der Waals surface area contributed by atoms with E-state index < -0.39 is 0 Å². The molecule has 0 radical (unpaired) electrons. The monoisotopic (exact) mass is 268 g/mol.